The molecule has 0 aromatic heterocycles. The van der Waals surface area contributed by atoms with Crippen molar-refractivity contribution in [3.05, 3.63) is 54.1 Å². The van der Waals surface area contributed by atoms with Crippen LogP contribution in [0, 0.1) is 17.2 Å². The van der Waals surface area contributed by atoms with Crippen molar-refractivity contribution in [3.63, 3.8) is 0 Å². The lowest BCUT2D eigenvalue weighted by Crippen LogP contribution is -2.10. The van der Waals surface area contributed by atoms with E-state index in [0.29, 0.717) is 11.5 Å². The molecule has 0 bridgehead atoms. The van der Waals surface area contributed by atoms with Crippen LogP contribution in [0.25, 0.3) is 0 Å². The van der Waals surface area contributed by atoms with E-state index in [2.05, 4.69) is 6.07 Å². The first-order valence-electron chi connectivity index (χ1n) is 7.21. The Labute approximate surface area is 134 Å². The molecular formula is C17H13NO4S. The molecule has 2 aliphatic rings. The van der Waals surface area contributed by atoms with Crippen LogP contribution in [0.4, 0.5) is 0 Å². The number of hydrogen-bond acceptors (Lipinski definition) is 5. The third-order valence-corrected chi connectivity index (χ3v) is 6.55. The molecule has 0 radical (unpaired) electrons. The standard InChI is InChI=1S/C17H13NO4S/c18-9-13-16(11-6-7-14-15(8-11)22-10-21-14)17(13)23(19,20)12-4-2-1-3-5-12/h1-8,13,16-17H,10H2/t13-,16+,17+/m0/s1. The fourth-order valence-corrected chi connectivity index (χ4v) is 5.20. The largest absolute Gasteiger partial charge is 0.454 e. The second kappa shape index (κ2) is 5.00. The molecule has 0 spiro atoms. The Hall–Kier alpha value is -2.52. The number of hydrogen-bond donors (Lipinski definition) is 0. The molecule has 0 unspecified atom stereocenters. The summed E-state index contributed by atoms with van der Waals surface area (Å²) in [4.78, 5) is 0.258. The fourth-order valence-electron chi connectivity index (χ4n) is 3.11. The van der Waals surface area contributed by atoms with Gasteiger partial charge in [-0.1, -0.05) is 24.3 Å². The quantitative estimate of drug-likeness (QED) is 0.865. The normalized spacial score (nSPS) is 24.9. The van der Waals surface area contributed by atoms with Crippen molar-refractivity contribution in [2.45, 2.75) is 16.1 Å². The van der Waals surface area contributed by atoms with Gasteiger partial charge in [0.05, 0.1) is 22.1 Å². The summed E-state index contributed by atoms with van der Waals surface area (Å²) in [6.45, 7) is 0.164. The Morgan fingerprint density at radius 3 is 2.52 bits per heavy atom. The summed E-state index contributed by atoms with van der Waals surface area (Å²) < 4.78 is 36.1. The van der Waals surface area contributed by atoms with E-state index in [0.717, 1.165) is 5.56 Å². The highest BCUT2D eigenvalue weighted by Gasteiger charge is 2.59. The second-order valence-electron chi connectivity index (χ2n) is 5.62. The number of benzene rings is 2. The van der Waals surface area contributed by atoms with Crippen LogP contribution < -0.4 is 9.47 Å². The molecule has 0 N–H and O–H groups in total. The van der Waals surface area contributed by atoms with E-state index >= 15 is 0 Å². The van der Waals surface area contributed by atoms with E-state index in [1.54, 1.807) is 42.5 Å². The lowest BCUT2D eigenvalue weighted by molar-refractivity contribution is 0.174. The Morgan fingerprint density at radius 2 is 1.78 bits per heavy atom. The fraction of sp³-hybridized carbons (Fsp3) is 0.235. The molecule has 1 saturated carbocycles. The van der Waals surface area contributed by atoms with Crippen LogP contribution in [-0.2, 0) is 9.84 Å². The van der Waals surface area contributed by atoms with Crippen molar-refractivity contribution < 1.29 is 17.9 Å². The van der Waals surface area contributed by atoms with Crippen LogP contribution in [0.15, 0.2) is 53.4 Å². The molecule has 5 nitrogen and oxygen atoms in total. The van der Waals surface area contributed by atoms with Crippen molar-refractivity contribution in [3.8, 4) is 17.6 Å². The minimum Gasteiger partial charge on any atom is -0.454 e. The Balaban J connectivity index is 1.70. The van der Waals surface area contributed by atoms with Crippen LogP contribution in [0.3, 0.4) is 0 Å². The summed E-state index contributed by atoms with van der Waals surface area (Å²) in [6.07, 6.45) is 0. The van der Waals surface area contributed by atoms with Crippen molar-refractivity contribution in [2.75, 3.05) is 6.79 Å². The van der Waals surface area contributed by atoms with Crippen molar-refractivity contribution in [1.29, 1.82) is 5.26 Å². The van der Waals surface area contributed by atoms with E-state index in [1.165, 1.54) is 0 Å². The zero-order chi connectivity index (χ0) is 16.0. The average molecular weight is 327 g/mol. The van der Waals surface area contributed by atoms with Crippen molar-refractivity contribution in [2.24, 2.45) is 5.92 Å². The first-order valence-corrected chi connectivity index (χ1v) is 8.75. The summed E-state index contributed by atoms with van der Waals surface area (Å²) in [5.74, 6) is 0.368. The predicted octanol–water partition coefficient (Wildman–Crippen LogP) is 2.49. The van der Waals surface area contributed by atoms with Crippen LogP contribution in [0.1, 0.15) is 11.5 Å². The summed E-state index contributed by atoms with van der Waals surface area (Å²) in [5.41, 5.74) is 0.797. The van der Waals surface area contributed by atoms with E-state index in [-0.39, 0.29) is 17.6 Å². The van der Waals surface area contributed by atoms with Gasteiger partial charge in [-0.3, -0.25) is 0 Å². The number of rotatable bonds is 3. The zero-order valence-corrected chi connectivity index (χ0v) is 12.9. The summed E-state index contributed by atoms with van der Waals surface area (Å²) in [7, 11) is -3.53. The first kappa shape index (κ1) is 14.1. The molecule has 0 amide bonds. The Bertz CT molecular complexity index is 902. The number of sulfone groups is 1. The van der Waals surface area contributed by atoms with Crippen LogP contribution in [-0.4, -0.2) is 20.5 Å². The molecule has 3 atom stereocenters. The number of fused-ring (bicyclic) bond motifs is 1. The number of ether oxygens (including phenoxy) is 2. The smallest absolute Gasteiger partial charge is 0.231 e. The summed E-state index contributed by atoms with van der Waals surface area (Å²) in [6, 6.07) is 15.8. The molecule has 23 heavy (non-hydrogen) atoms. The van der Waals surface area contributed by atoms with Crippen molar-refractivity contribution >= 4 is 9.84 Å². The summed E-state index contributed by atoms with van der Waals surface area (Å²) in [5, 5.41) is 8.63. The highest BCUT2D eigenvalue weighted by molar-refractivity contribution is 7.92. The van der Waals surface area contributed by atoms with Gasteiger partial charge in [-0.25, -0.2) is 8.42 Å². The topological polar surface area (TPSA) is 76.4 Å². The second-order valence-corrected chi connectivity index (χ2v) is 7.72. The van der Waals surface area contributed by atoms with Gasteiger partial charge in [-0.15, -0.1) is 0 Å². The molecule has 4 rings (SSSR count). The highest BCUT2D eigenvalue weighted by atomic mass is 32.2. The SMILES string of the molecule is N#C[C@H]1[C@@H](c2ccc3c(c2)OCO3)[C@@H]1S(=O)(=O)c1ccccc1. The average Bonchev–Trinajstić information content (AvgIpc) is 3.15. The van der Waals surface area contributed by atoms with Crippen LogP contribution in [0.5, 0.6) is 11.5 Å². The molecule has 1 aliphatic carbocycles. The minimum atomic E-state index is -3.53. The van der Waals surface area contributed by atoms with E-state index < -0.39 is 21.0 Å². The highest BCUT2D eigenvalue weighted by Crippen LogP contribution is 2.54. The van der Waals surface area contributed by atoms with E-state index in [1.807, 2.05) is 6.07 Å². The maximum absolute atomic E-state index is 12.8. The molecule has 1 aliphatic heterocycles. The van der Waals surface area contributed by atoms with Gasteiger partial charge in [0.1, 0.15) is 0 Å². The van der Waals surface area contributed by atoms with Gasteiger partial charge < -0.3 is 9.47 Å². The van der Waals surface area contributed by atoms with E-state index in [4.69, 9.17) is 9.47 Å². The third-order valence-electron chi connectivity index (χ3n) is 4.31. The first-order chi connectivity index (χ1) is 11.1. The van der Waals surface area contributed by atoms with E-state index in [9.17, 15) is 13.7 Å². The zero-order valence-electron chi connectivity index (χ0n) is 12.0. The van der Waals surface area contributed by atoms with Gasteiger partial charge in [-0.05, 0) is 29.8 Å². The molecule has 1 fully saturated rings. The molecule has 116 valence electrons. The van der Waals surface area contributed by atoms with Gasteiger partial charge in [0.15, 0.2) is 21.3 Å². The molecule has 2 aromatic carbocycles. The summed E-state index contributed by atoms with van der Waals surface area (Å²) >= 11 is 0. The van der Waals surface area contributed by atoms with Gasteiger partial charge in [-0.2, -0.15) is 5.26 Å². The lowest BCUT2D eigenvalue weighted by atomic mass is 10.1. The number of nitriles is 1. The molecule has 2 aromatic rings. The molecule has 1 heterocycles. The minimum absolute atomic E-state index is 0.164. The lowest BCUT2D eigenvalue weighted by Gasteiger charge is -2.04. The monoisotopic (exact) mass is 327 g/mol. The maximum atomic E-state index is 12.8. The van der Waals surface area contributed by atoms with Crippen molar-refractivity contribution in [1.82, 2.24) is 0 Å². The van der Waals surface area contributed by atoms with Gasteiger partial charge in [0, 0.05) is 5.92 Å². The van der Waals surface area contributed by atoms with Crippen LogP contribution in [0.2, 0.25) is 0 Å². The Kier molecular flexibility index (Phi) is 3.06. The van der Waals surface area contributed by atoms with Crippen LogP contribution >= 0.6 is 0 Å². The molecule has 6 heteroatoms. The van der Waals surface area contributed by atoms with Gasteiger partial charge >= 0.3 is 0 Å². The maximum Gasteiger partial charge on any atom is 0.231 e. The Morgan fingerprint density at radius 1 is 1.04 bits per heavy atom. The van der Waals surface area contributed by atoms with Gasteiger partial charge in [0.25, 0.3) is 0 Å². The number of nitrogens with zero attached hydrogens (tertiary/aromatic N) is 1. The molecular weight excluding hydrogens is 314 g/mol. The molecule has 0 saturated heterocycles. The van der Waals surface area contributed by atoms with Gasteiger partial charge in [0.2, 0.25) is 6.79 Å². The third kappa shape index (κ3) is 2.16. The predicted molar refractivity (Wildman–Crippen MR) is 81.8 cm³/mol.